The third-order valence-corrected chi connectivity index (χ3v) is 3.73. The third kappa shape index (κ3) is 3.56. The zero-order valence-electron chi connectivity index (χ0n) is 11.4. The molecule has 1 amide bonds. The van der Waals surface area contributed by atoms with E-state index in [1.165, 1.54) is 6.07 Å². The molecule has 112 valence electrons. The molecule has 2 rings (SSSR count). The van der Waals surface area contributed by atoms with Crippen molar-refractivity contribution in [1.29, 1.82) is 0 Å². The normalized spacial score (nSPS) is 15.7. The molecule has 1 aliphatic heterocycles. The number of hydrogen-bond acceptors (Lipinski definition) is 4. The quantitative estimate of drug-likeness (QED) is 0.668. The molecule has 1 saturated heterocycles. The lowest BCUT2D eigenvalue weighted by molar-refractivity contribution is -0.385. The van der Waals surface area contributed by atoms with Gasteiger partial charge in [0.1, 0.15) is 0 Å². The zero-order valence-corrected chi connectivity index (χ0v) is 11.4. The summed E-state index contributed by atoms with van der Waals surface area (Å²) in [7, 11) is 0. The smallest absolute Gasteiger partial charge is 0.306 e. The Morgan fingerprint density at radius 3 is 2.48 bits per heavy atom. The van der Waals surface area contributed by atoms with E-state index in [0.717, 1.165) is 0 Å². The van der Waals surface area contributed by atoms with Crippen LogP contribution in [0.15, 0.2) is 24.3 Å². The molecular weight excluding hydrogens is 276 g/mol. The molecule has 1 heterocycles. The van der Waals surface area contributed by atoms with Crippen molar-refractivity contribution >= 4 is 17.6 Å². The highest BCUT2D eigenvalue weighted by molar-refractivity contribution is 5.80. The van der Waals surface area contributed by atoms with Crippen LogP contribution < -0.4 is 0 Å². The lowest BCUT2D eigenvalue weighted by atomic mass is 9.96. The monoisotopic (exact) mass is 292 g/mol. The van der Waals surface area contributed by atoms with Crippen LogP contribution in [0, 0.1) is 16.0 Å². The number of nitrogens with zero attached hydrogens (tertiary/aromatic N) is 2. The number of rotatable bonds is 4. The predicted molar refractivity (Wildman–Crippen MR) is 73.7 cm³/mol. The van der Waals surface area contributed by atoms with Crippen LogP contribution in [0.1, 0.15) is 18.4 Å². The van der Waals surface area contributed by atoms with E-state index in [9.17, 15) is 19.7 Å². The molecule has 1 aromatic carbocycles. The molecule has 0 atom stereocenters. The number of likely N-dealkylation sites (tertiary alicyclic amines) is 1. The Morgan fingerprint density at radius 1 is 1.29 bits per heavy atom. The number of amides is 1. The molecule has 1 aliphatic rings. The molecule has 0 bridgehead atoms. The average molecular weight is 292 g/mol. The highest BCUT2D eigenvalue weighted by Gasteiger charge is 2.27. The van der Waals surface area contributed by atoms with Crippen LogP contribution in [0.25, 0.3) is 0 Å². The summed E-state index contributed by atoms with van der Waals surface area (Å²) in [5.41, 5.74) is 0.319. The van der Waals surface area contributed by atoms with Gasteiger partial charge in [-0.3, -0.25) is 19.7 Å². The number of carbonyl (C=O) groups excluding carboxylic acids is 1. The number of carboxylic acid groups (broad SMARTS) is 1. The largest absolute Gasteiger partial charge is 0.481 e. The Morgan fingerprint density at radius 2 is 1.90 bits per heavy atom. The third-order valence-electron chi connectivity index (χ3n) is 3.73. The summed E-state index contributed by atoms with van der Waals surface area (Å²) >= 11 is 0. The fourth-order valence-corrected chi connectivity index (χ4v) is 2.49. The van der Waals surface area contributed by atoms with Crippen LogP contribution in [0.4, 0.5) is 5.69 Å². The van der Waals surface area contributed by atoms with Crippen LogP contribution in [-0.4, -0.2) is 39.9 Å². The molecule has 1 fully saturated rings. The predicted octanol–water partition coefficient (Wildman–Crippen LogP) is 1.46. The Hall–Kier alpha value is -2.44. The Kier molecular flexibility index (Phi) is 4.52. The molecule has 1 aromatic rings. The number of benzene rings is 1. The van der Waals surface area contributed by atoms with Crippen molar-refractivity contribution in [2.75, 3.05) is 13.1 Å². The van der Waals surface area contributed by atoms with E-state index in [0.29, 0.717) is 31.5 Å². The van der Waals surface area contributed by atoms with Gasteiger partial charge in [0, 0.05) is 24.7 Å². The first-order chi connectivity index (χ1) is 9.99. The van der Waals surface area contributed by atoms with Gasteiger partial charge in [-0.2, -0.15) is 0 Å². The van der Waals surface area contributed by atoms with E-state index in [1.54, 1.807) is 23.1 Å². The molecular formula is C14H16N2O5. The summed E-state index contributed by atoms with van der Waals surface area (Å²) < 4.78 is 0. The number of carbonyl (C=O) groups is 2. The number of piperidine rings is 1. The van der Waals surface area contributed by atoms with Crippen molar-refractivity contribution in [2.45, 2.75) is 19.3 Å². The lowest BCUT2D eigenvalue weighted by Crippen LogP contribution is -2.41. The van der Waals surface area contributed by atoms with Crippen LogP contribution in [0.3, 0.4) is 0 Å². The number of nitro benzene ring substituents is 1. The van der Waals surface area contributed by atoms with Crippen LogP contribution in [0.2, 0.25) is 0 Å². The van der Waals surface area contributed by atoms with E-state index in [1.807, 2.05) is 0 Å². The maximum atomic E-state index is 12.2. The number of carboxylic acids is 1. The van der Waals surface area contributed by atoms with Crippen molar-refractivity contribution in [3.05, 3.63) is 39.9 Å². The molecule has 7 heteroatoms. The van der Waals surface area contributed by atoms with Gasteiger partial charge in [0.25, 0.3) is 5.69 Å². The minimum absolute atomic E-state index is 0.0328. The first kappa shape index (κ1) is 15.0. The molecule has 21 heavy (non-hydrogen) atoms. The molecule has 0 aliphatic carbocycles. The zero-order chi connectivity index (χ0) is 15.4. The summed E-state index contributed by atoms with van der Waals surface area (Å²) in [5.74, 6) is -1.44. The SMILES string of the molecule is O=C(O)C1CCN(C(=O)Cc2ccccc2[N+](=O)[O-])CC1. The maximum absolute atomic E-state index is 12.2. The highest BCUT2D eigenvalue weighted by Crippen LogP contribution is 2.21. The minimum atomic E-state index is -0.833. The Balaban J connectivity index is 2.00. The van der Waals surface area contributed by atoms with Crippen molar-refractivity contribution in [2.24, 2.45) is 5.92 Å². The van der Waals surface area contributed by atoms with Crippen molar-refractivity contribution in [1.82, 2.24) is 4.90 Å². The van der Waals surface area contributed by atoms with Gasteiger partial charge in [-0.1, -0.05) is 18.2 Å². The van der Waals surface area contributed by atoms with Gasteiger partial charge >= 0.3 is 5.97 Å². The average Bonchev–Trinajstić information content (AvgIpc) is 2.47. The maximum Gasteiger partial charge on any atom is 0.306 e. The molecule has 0 aromatic heterocycles. The second-order valence-corrected chi connectivity index (χ2v) is 5.06. The van der Waals surface area contributed by atoms with Crippen molar-refractivity contribution in [3.63, 3.8) is 0 Å². The number of aliphatic carboxylic acids is 1. The van der Waals surface area contributed by atoms with E-state index < -0.39 is 16.8 Å². The molecule has 1 N–H and O–H groups in total. The van der Waals surface area contributed by atoms with Gasteiger partial charge in [0.15, 0.2) is 0 Å². The first-order valence-electron chi connectivity index (χ1n) is 6.72. The van der Waals surface area contributed by atoms with Crippen molar-refractivity contribution < 1.29 is 19.6 Å². The number of para-hydroxylation sites is 1. The summed E-state index contributed by atoms with van der Waals surface area (Å²) in [6.07, 6.45) is 0.824. The fourth-order valence-electron chi connectivity index (χ4n) is 2.49. The number of nitro groups is 1. The Bertz CT molecular complexity index is 564. The van der Waals surface area contributed by atoms with E-state index in [2.05, 4.69) is 0 Å². The molecule has 0 radical (unpaired) electrons. The summed E-state index contributed by atoms with van der Waals surface area (Å²) in [6.45, 7) is 0.771. The molecule has 7 nitrogen and oxygen atoms in total. The van der Waals surface area contributed by atoms with E-state index in [4.69, 9.17) is 5.11 Å². The van der Waals surface area contributed by atoms with Gasteiger partial charge in [0.2, 0.25) is 5.91 Å². The van der Waals surface area contributed by atoms with Gasteiger partial charge in [-0.05, 0) is 12.8 Å². The summed E-state index contributed by atoms with van der Waals surface area (Å²) in [6, 6.07) is 6.16. The highest BCUT2D eigenvalue weighted by atomic mass is 16.6. The van der Waals surface area contributed by atoms with Gasteiger partial charge in [0.05, 0.1) is 17.3 Å². The van der Waals surface area contributed by atoms with Gasteiger partial charge in [-0.25, -0.2) is 0 Å². The first-order valence-corrected chi connectivity index (χ1v) is 6.72. The van der Waals surface area contributed by atoms with E-state index in [-0.39, 0.29) is 18.0 Å². The topological polar surface area (TPSA) is 101 Å². The standard InChI is InChI=1S/C14H16N2O5/c17-13(15-7-5-10(6-8-15)14(18)19)9-11-3-1-2-4-12(11)16(20)21/h1-4,10H,5-9H2,(H,18,19). The fraction of sp³-hybridized carbons (Fsp3) is 0.429. The lowest BCUT2D eigenvalue weighted by Gasteiger charge is -2.30. The van der Waals surface area contributed by atoms with Crippen LogP contribution >= 0.6 is 0 Å². The minimum Gasteiger partial charge on any atom is -0.481 e. The Labute approximate surface area is 121 Å². The molecule has 0 unspecified atom stereocenters. The van der Waals surface area contributed by atoms with Crippen LogP contribution in [-0.2, 0) is 16.0 Å². The van der Waals surface area contributed by atoms with Gasteiger partial charge in [-0.15, -0.1) is 0 Å². The van der Waals surface area contributed by atoms with Crippen LogP contribution in [0.5, 0.6) is 0 Å². The summed E-state index contributed by atoms with van der Waals surface area (Å²) in [4.78, 5) is 35.0. The van der Waals surface area contributed by atoms with E-state index >= 15 is 0 Å². The second kappa shape index (κ2) is 6.34. The summed E-state index contributed by atoms with van der Waals surface area (Å²) in [5, 5.41) is 19.8. The van der Waals surface area contributed by atoms with Gasteiger partial charge < -0.3 is 10.0 Å². The van der Waals surface area contributed by atoms with Crippen molar-refractivity contribution in [3.8, 4) is 0 Å². The number of hydrogen-bond donors (Lipinski definition) is 1. The second-order valence-electron chi connectivity index (χ2n) is 5.06. The molecule has 0 spiro atoms. The molecule has 0 saturated carbocycles.